The molecule has 4 atom stereocenters. The second kappa shape index (κ2) is 19.8. The molecule has 16 heteroatoms. The van der Waals surface area contributed by atoms with E-state index in [0.717, 1.165) is 12.8 Å². The second-order valence-electron chi connectivity index (χ2n) is 15.3. The Labute approximate surface area is 340 Å². The number of nitrogens with zero attached hydrogens (tertiary/aromatic N) is 1. The predicted octanol–water partition coefficient (Wildman–Crippen LogP) is 2.34. The van der Waals surface area contributed by atoms with Gasteiger partial charge in [0.2, 0.25) is 33.7 Å². The highest BCUT2D eigenvalue weighted by Crippen LogP contribution is 2.30. The molecule has 6 rings (SSSR count). The summed E-state index contributed by atoms with van der Waals surface area (Å²) in [4.78, 5) is 69.4. The zero-order valence-electron chi connectivity index (χ0n) is 33.6. The summed E-state index contributed by atoms with van der Waals surface area (Å²) in [6.45, 7) is 5.89. The number of sulfonamides is 1. The van der Waals surface area contributed by atoms with Crippen LogP contribution in [0.3, 0.4) is 0 Å². The molecular weight excluding hydrogens is 765 g/mol. The number of benzene rings is 3. The number of fused-ring (bicyclic) bond motifs is 17. The van der Waals surface area contributed by atoms with Gasteiger partial charge in [0.15, 0.2) is 0 Å². The molecule has 0 spiro atoms. The van der Waals surface area contributed by atoms with Crippen molar-refractivity contribution in [2.24, 2.45) is 11.8 Å². The Morgan fingerprint density at radius 1 is 0.948 bits per heavy atom. The third kappa shape index (κ3) is 12.5. The molecular formula is C42H54N6O9S. The lowest BCUT2D eigenvalue weighted by Crippen LogP contribution is -2.58. The fourth-order valence-electron chi connectivity index (χ4n) is 6.70. The molecule has 2 bridgehead atoms. The van der Waals surface area contributed by atoms with E-state index in [2.05, 4.69) is 26.0 Å². The monoisotopic (exact) mass is 818 g/mol. The molecule has 3 aromatic rings. The van der Waals surface area contributed by atoms with Crippen LogP contribution < -0.4 is 35.5 Å². The first-order valence-corrected chi connectivity index (χ1v) is 21.0. The standard InChI is InChI=1S/C42H54N6O9S/c1-26(2)19-32-25-57-34-17-13-29(14-18-34)21-37(47-58(54,55)35-8-6-7-31(22-35)39(50)43-4)41(52)46-36(20-28-11-15-33(56-5)16-12-28)40(51)44-27(3)42(53)48(23-30-9-10-30)24-38(49)45-32/h6-8,11-18,22,26-27,30,32,36-37,47H,9-10,19-21,23-25H2,1-5H3,(H,43,50)(H,44,51)(H,45,49)(H,46,52)/t27-,32+,36+,37+/m1/s1. The summed E-state index contributed by atoms with van der Waals surface area (Å²) in [7, 11) is -1.46. The lowest BCUT2D eigenvalue weighted by atomic mass is 10.0. The highest BCUT2D eigenvalue weighted by atomic mass is 32.2. The van der Waals surface area contributed by atoms with Crippen LogP contribution in [0.4, 0.5) is 0 Å². The SMILES string of the molecule is CNC(=O)c1cccc(S(=O)(=O)N[C@H]2Cc3ccc(cc3)OC[C@H](CC(C)C)NC(=O)CN(CC3CC3)C(=O)[C@@H](C)NC(=O)[C@H](Cc3ccc(OC)cc3)NC2=O)c1. The number of hydrogen-bond acceptors (Lipinski definition) is 9. The van der Waals surface area contributed by atoms with E-state index in [9.17, 15) is 32.4 Å². The maximum absolute atomic E-state index is 14.3. The number of carbonyl (C=O) groups excluding carboxylic acids is 5. The zero-order valence-corrected chi connectivity index (χ0v) is 34.4. The van der Waals surface area contributed by atoms with Crippen molar-refractivity contribution in [3.05, 3.63) is 89.5 Å². The van der Waals surface area contributed by atoms with Crippen LogP contribution in [0, 0.1) is 11.8 Å². The third-order valence-electron chi connectivity index (χ3n) is 9.97. The fraction of sp³-hybridized carbons (Fsp3) is 0.452. The third-order valence-corrected chi connectivity index (χ3v) is 11.4. The average molecular weight is 819 g/mol. The molecule has 1 fully saturated rings. The van der Waals surface area contributed by atoms with E-state index in [-0.39, 0.29) is 60.2 Å². The first-order chi connectivity index (χ1) is 27.6. The maximum atomic E-state index is 14.3. The van der Waals surface area contributed by atoms with Crippen molar-refractivity contribution in [1.82, 2.24) is 30.9 Å². The Morgan fingerprint density at radius 2 is 1.66 bits per heavy atom. The van der Waals surface area contributed by atoms with Gasteiger partial charge in [-0.15, -0.1) is 0 Å². The van der Waals surface area contributed by atoms with E-state index in [0.29, 0.717) is 35.6 Å². The Bertz CT molecular complexity index is 2040. The van der Waals surface area contributed by atoms with E-state index in [1.165, 1.54) is 50.2 Å². The topological polar surface area (TPSA) is 201 Å². The number of rotatable bonds is 11. The van der Waals surface area contributed by atoms with Crippen molar-refractivity contribution < 1.29 is 41.9 Å². The normalized spacial score (nSPS) is 21.4. The molecule has 15 nitrogen and oxygen atoms in total. The van der Waals surface area contributed by atoms with Gasteiger partial charge in [-0.25, -0.2) is 8.42 Å². The van der Waals surface area contributed by atoms with Gasteiger partial charge in [-0.3, -0.25) is 24.0 Å². The number of methoxy groups -OCH3 is 1. The summed E-state index contributed by atoms with van der Waals surface area (Å²) in [5.41, 5.74) is 1.32. The molecule has 0 aromatic heterocycles. The molecule has 3 aliphatic rings. The van der Waals surface area contributed by atoms with E-state index < -0.39 is 51.8 Å². The maximum Gasteiger partial charge on any atom is 0.251 e. The van der Waals surface area contributed by atoms with Crippen molar-refractivity contribution in [3.8, 4) is 11.5 Å². The summed E-state index contributed by atoms with van der Waals surface area (Å²) in [5, 5.41) is 11.0. The highest BCUT2D eigenvalue weighted by molar-refractivity contribution is 7.89. The van der Waals surface area contributed by atoms with Gasteiger partial charge < -0.3 is 35.6 Å². The first kappa shape index (κ1) is 43.6. The van der Waals surface area contributed by atoms with Gasteiger partial charge in [-0.2, -0.15) is 4.72 Å². The molecule has 5 N–H and O–H groups in total. The first-order valence-electron chi connectivity index (χ1n) is 19.5. The van der Waals surface area contributed by atoms with Gasteiger partial charge in [0, 0.05) is 25.6 Å². The van der Waals surface area contributed by atoms with Crippen molar-refractivity contribution in [1.29, 1.82) is 0 Å². The molecule has 1 saturated carbocycles. The number of hydrogen-bond donors (Lipinski definition) is 5. The average Bonchev–Trinajstić information content (AvgIpc) is 4.03. The van der Waals surface area contributed by atoms with Gasteiger partial charge in [0.05, 0.1) is 24.6 Å². The van der Waals surface area contributed by atoms with Crippen LogP contribution in [0.1, 0.15) is 61.5 Å². The highest BCUT2D eigenvalue weighted by Gasteiger charge is 2.34. The number of nitrogens with one attached hydrogen (secondary N) is 5. The predicted molar refractivity (Wildman–Crippen MR) is 217 cm³/mol. The van der Waals surface area contributed by atoms with Gasteiger partial charge >= 0.3 is 0 Å². The van der Waals surface area contributed by atoms with E-state index in [4.69, 9.17) is 9.47 Å². The molecule has 0 radical (unpaired) electrons. The number of amides is 5. The van der Waals surface area contributed by atoms with Crippen LogP contribution >= 0.6 is 0 Å². The molecule has 312 valence electrons. The van der Waals surface area contributed by atoms with Crippen molar-refractivity contribution in [3.63, 3.8) is 0 Å². The van der Waals surface area contributed by atoms with E-state index in [1.807, 2.05) is 13.8 Å². The molecule has 1 aliphatic carbocycles. The lowest BCUT2D eigenvalue weighted by molar-refractivity contribution is -0.140. The molecule has 5 amide bonds. The summed E-state index contributed by atoms with van der Waals surface area (Å²) in [6.07, 6.45) is 2.32. The van der Waals surface area contributed by atoms with Crippen LogP contribution in [-0.2, 0) is 42.0 Å². The van der Waals surface area contributed by atoms with Crippen LogP contribution in [0.25, 0.3) is 0 Å². The quantitative estimate of drug-likeness (QED) is 0.180. The fourth-order valence-corrected chi connectivity index (χ4v) is 7.94. The minimum Gasteiger partial charge on any atom is -0.497 e. The van der Waals surface area contributed by atoms with Crippen LogP contribution in [-0.4, -0.2) is 101 Å². The van der Waals surface area contributed by atoms with Crippen molar-refractivity contribution in [2.45, 2.75) is 81.9 Å². The van der Waals surface area contributed by atoms with Gasteiger partial charge in [-0.1, -0.05) is 44.2 Å². The van der Waals surface area contributed by atoms with Crippen LogP contribution in [0.5, 0.6) is 11.5 Å². The number of carbonyl (C=O) groups is 5. The van der Waals surface area contributed by atoms with E-state index >= 15 is 0 Å². The smallest absolute Gasteiger partial charge is 0.251 e. The largest absolute Gasteiger partial charge is 0.497 e. The Morgan fingerprint density at radius 3 is 2.29 bits per heavy atom. The lowest BCUT2D eigenvalue weighted by Gasteiger charge is -2.29. The van der Waals surface area contributed by atoms with E-state index in [1.54, 1.807) is 48.5 Å². The van der Waals surface area contributed by atoms with Gasteiger partial charge in [0.1, 0.15) is 36.2 Å². The minimum atomic E-state index is -4.41. The van der Waals surface area contributed by atoms with Crippen molar-refractivity contribution in [2.75, 3.05) is 33.9 Å². The van der Waals surface area contributed by atoms with Crippen LogP contribution in [0.15, 0.2) is 77.7 Å². The Hall–Kier alpha value is -5.48. The summed E-state index contributed by atoms with van der Waals surface area (Å²) in [5.74, 6) is -1.25. The molecule has 2 aliphatic heterocycles. The molecule has 0 unspecified atom stereocenters. The Balaban J connectivity index is 1.51. The van der Waals surface area contributed by atoms with Crippen LogP contribution in [0.2, 0.25) is 0 Å². The minimum absolute atomic E-state index is 0.0202. The second-order valence-corrected chi connectivity index (χ2v) is 17.1. The summed E-state index contributed by atoms with van der Waals surface area (Å²) in [6, 6.07) is 14.9. The molecule has 58 heavy (non-hydrogen) atoms. The Kier molecular flexibility index (Phi) is 14.9. The summed E-state index contributed by atoms with van der Waals surface area (Å²) < 4.78 is 41.6. The molecule has 2 heterocycles. The van der Waals surface area contributed by atoms with Crippen molar-refractivity contribution >= 4 is 39.6 Å². The van der Waals surface area contributed by atoms with Gasteiger partial charge in [0.25, 0.3) is 5.91 Å². The zero-order chi connectivity index (χ0) is 42.0. The number of ether oxygens (including phenoxy) is 2. The van der Waals surface area contributed by atoms with Gasteiger partial charge in [-0.05, 0) is 98.0 Å². The molecule has 3 aromatic carbocycles. The summed E-state index contributed by atoms with van der Waals surface area (Å²) >= 11 is 0. The molecule has 0 saturated heterocycles.